The van der Waals surface area contributed by atoms with Gasteiger partial charge < -0.3 is 9.47 Å². The summed E-state index contributed by atoms with van der Waals surface area (Å²) in [5.74, 6) is 0.372. The molecule has 1 saturated heterocycles. The summed E-state index contributed by atoms with van der Waals surface area (Å²) < 4.78 is 10.9. The maximum Gasteiger partial charge on any atom is 0.411 e. The second-order valence-electron chi connectivity index (χ2n) is 8.53. The second kappa shape index (κ2) is 9.60. The average molecular weight is 445 g/mol. The lowest BCUT2D eigenvalue weighted by Gasteiger charge is -2.42. The summed E-state index contributed by atoms with van der Waals surface area (Å²) in [6, 6.07) is 14.1. The molecule has 31 heavy (non-hydrogen) atoms. The molecule has 2 aromatic carbocycles. The van der Waals surface area contributed by atoms with Gasteiger partial charge in [-0.15, -0.1) is 0 Å². The molecule has 2 aromatic rings. The largest absolute Gasteiger partial charge is 0.497 e. The lowest BCUT2D eigenvalue weighted by atomic mass is 10.0. The summed E-state index contributed by atoms with van der Waals surface area (Å²) >= 11 is 6.09. The number of ether oxygens (including phenoxy) is 2. The van der Waals surface area contributed by atoms with Gasteiger partial charge in [0.05, 0.1) is 7.11 Å². The van der Waals surface area contributed by atoms with Gasteiger partial charge >= 0.3 is 6.09 Å². The molecule has 1 aliphatic heterocycles. The first kappa shape index (κ1) is 22.9. The molecule has 166 valence electrons. The van der Waals surface area contributed by atoms with E-state index >= 15 is 0 Å². The Kier molecular flexibility index (Phi) is 7.11. The highest BCUT2D eigenvalue weighted by atomic mass is 35.5. The molecule has 7 heteroatoms. The second-order valence-corrected chi connectivity index (χ2v) is 8.97. The van der Waals surface area contributed by atoms with Crippen molar-refractivity contribution >= 4 is 29.3 Å². The molecule has 0 saturated carbocycles. The number of rotatable bonds is 4. The van der Waals surface area contributed by atoms with E-state index in [0.29, 0.717) is 35.0 Å². The van der Waals surface area contributed by atoms with E-state index in [2.05, 4.69) is 0 Å². The normalized spacial score (nSPS) is 16.5. The smallest absolute Gasteiger partial charge is 0.411 e. The summed E-state index contributed by atoms with van der Waals surface area (Å²) in [6.45, 7) is 6.03. The predicted octanol–water partition coefficient (Wildman–Crippen LogP) is 5.74. The molecule has 1 unspecified atom stereocenters. The van der Waals surface area contributed by atoms with Gasteiger partial charge in [-0.25, -0.2) is 4.79 Å². The minimum Gasteiger partial charge on any atom is -0.497 e. The van der Waals surface area contributed by atoms with Crippen LogP contribution in [0.3, 0.4) is 0 Å². The number of benzene rings is 2. The van der Waals surface area contributed by atoms with E-state index < -0.39 is 17.9 Å². The minimum absolute atomic E-state index is 0.221. The van der Waals surface area contributed by atoms with E-state index in [0.717, 1.165) is 12.8 Å². The van der Waals surface area contributed by atoms with Gasteiger partial charge in [0.15, 0.2) is 0 Å². The lowest BCUT2D eigenvalue weighted by Crippen LogP contribution is -2.56. The molecule has 0 bridgehead atoms. The van der Waals surface area contributed by atoms with Crippen molar-refractivity contribution in [2.24, 2.45) is 0 Å². The highest BCUT2D eigenvalue weighted by molar-refractivity contribution is 6.30. The van der Waals surface area contributed by atoms with Crippen molar-refractivity contribution in [1.82, 2.24) is 4.90 Å². The summed E-state index contributed by atoms with van der Waals surface area (Å²) in [5, 5.41) is 0.574. The molecule has 6 nitrogen and oxygen atoms in total. The molecule has 0 aliphatic carbocycles. The van der Waals surface area contributed by atoms with Crippen molar-refractivity contribution in [2.45, 2.75) is 51.8 Å². The van der Waals surface area contributed by atoms with Gasteiger partial charge in [-0.1, -0.05) is 17.7 Å². The van der Waals surface area contributed by atoms with Crippen LogP contribution in [0.15, 0.2) is 48.5 Å². The maximum atomic E-state index is 13.7. The van der Waals surface area contributed by atoms with Crippen LogP contribution in [0.25, 0.3) is 0 Å². The summed E-state index contributed by atoms with van der Waals surface area (Å²) in [5.41, 5.74) is 0.516. The van der Waals surface area contributed by atoms with Crippen molar-refractivity contribution in [1.29, 1.82) is 0 Å². The Labute approximate surface area is 188 Å². The van der Waals surface area contributed by atoms with Crippen molar-refractivity contribution in [3.63, 3.8) is 0 Å². The van der Waals surface area contributed by atoms with Gasteiger partial charge in [0.2, 0.25) is 0 Å². The number of carbonyl (C=O) groups is 2. The fraction of sp³-hybridized carbons (Fsp3) is 0.417. The van der Waals surface area contributed by atoms with E-state index in [-0.39, 0.29) is 5.91 Å². The number of hydrogen-bond donors (Lipinski definition) is 0. The highest BCUT2D eigenvalue weighted by Gasteiger charge is 2.37. The first-order valence-corrected chi connectivity index (χ1v) is 10.8. The fourth-order valence-electron chi connectivity index (χ4n) is 3.64. The molecule has 1 atom stereocenters. The van der Waals surface area contributed by atoms with Crippen LogP contribution in [0.1, 0.15) is 50.4 Å². The van der Waals surface area contributed by atoms with Gasteiger partial charge in [-0.2, -0.15) is 0 Å². The Morgan fingerprint density at radius 1 is 1.10 bits per heavy atom. The van der Waals surface area contributed by atoms with Crippen molar-refractivity contribution < 1.29 is 19.1 Å². The first-order valence-electron chi connectivity index (χ1n) is 10.4. The van der Waals surface area contributed by atoms with E-state index in [1.54, 1.807) is 65.4 Å². The predicted molar refractivity (Wildman–Crippen MR) is 122 cm³/mol. The molecule has 3 rings (SSSR count). The lowest BCUT2D eigenvalue weighted by molar-refractivity contribution is 0.00975. The first-order chi connectivity index (χ1) is 14.7. The Hall–Kier alpha value is -2.73. The van der Waals surface area contributed by atoms with Crippen LogP contribution < -0.4 is 9.64 Å². The molecule has 0 aromatic heterocycles. The summed E-state index contributed by atoms with van der Waals surface area (Å²) in [4.78, 5) is 30.0. The monoisotopic (exact) mass is 444 g/mol. The Morgan fingerprint density at radius 3 is 2.45 bits per heavy atom. The van der Waals surface area contributed by atoms with Crippen molar-refractivity contribution in [2.75, 3.05) is 18.6 Å². The van der Waals surface area contributed by atoms with E-state index in [1.165, 1.54) is 0 Å². The fourth-order valence-corrected chi connectivity index (χ4v) is 3.76. The van der Waals surface area contributed by atoms with E-state index in [1.807, 2.05) is 20.8 Å². The summed E-state index contributed by atoms with van der Waals surface area (Å²) in [6.07, 6.45) is 1.52. The summed E-state index contributed by atoms with van der Waals surface area (Å²) in [7, 11) is 1.56. The van der Waals surface area contributed by atoms with Gasteiger partial charge in [0.25, 0.3) is 5.91 Å². The van der Waals surface area contributed by atoms with Gasteiger partial charge in [0, 0.05) is 22.8 Å². The Balaban J connectivity index is 2.02. The SMILES string of the molecule is COc1cccc(C(=O)N(c2ccc(Cl)cc2)C2CCCCN2C(=O)OC(C)(C)C)c1. The molecule has 2 amide bonds. The molecule has 1 heterocycles. The molecule has 0 N–H and O–H groups in total. The third-order valence-electron chi connectivity index (χ3n) is 5.04. The maximum absolute atomic E-state index is 13.7. The minimum atomic E-state index is -0.624. The third kappa shape index (κ3) is 5.70. The number of piperidine rings is 1. The molecule has 0 radical (unpaired) electrons. The van der Waals surface area contributed by atoms with Crippen LogP contribution in [0, 0.1) is 0 Å². The Bertz CT molecular complexity index is 924. The molecular weight excluding hydrogens is 416 g/mol. The zero-order valence-electron chi connectivity index (χ0n) is 18.4. The highest BCUT2D eigenvalue weighted by Crippen LogP contribution is 2.30. The number of hydrogen-bond acceptors (Lipinski definition) is 4. The molecule has 1 fully saturated rings. The molecular formula is C24H29ClN2O4. The quantitative estimate of drug-likeness (QED) is 0.603. The zero-order valence-corrected chi connectivity index (χ0v) is 19.2. The number of carbonyl (C=O) groups excluding carboxylic acids is 2. The van der Waals surface area contributed by atoms with E-state index in [4.69, 9.17) is 21.1 Å². The number of amides is 2. The zero-order chi connectivity index (χ0) is 22.6. The van der Waals surface area contributed by atoms with Crippen LogP contribution in [-0.4, -0.2) is 42.3 Å². The van der Waals surface area contributed by atoms with Crippen LogP contribution >= 0.6 is 11.6 Å². The van der Waals surface area contributed by atoms with Crippen LogP contribution in [0.2, 0.25) is 5.02 Å². The standard InChI is InChI=1S/C24H29ClN2O4/c1-24(2,3)31-23(29)26-15-6-5-10-21(26)27(19-13-11-18(25)12-14-19)22(28)17-8-7-9-20(16-17)30-4/h7-9,11-14,16,21H,5-6,10,15H2,1-4H3. The van der Waals surface area contributed by atoms with Crippen molar-refractivity contribution in [3.05, 3.63) is 59.1 Å². The molecule has 0 spiro atoms. The number of likely N-dealkylation sites (tertiary alicyclic amines) is 1. The average Bonchev–Trinajstić information content (AvgIpc) is 2.74. The van der Waals surface area contributed by atoms with Gasteiger partial charge in [-0.3, -0.25) is 14.6 Å². The van der Waals surface area contributed by atoms with Crippen LogP contribution in [0.5, 0.6) is 5.75 Å². The number of nitrogens with zero attached hydrogens (tertiary/aromatic N) is 2. The van der Waals surface area contributed by atoms with Crippen molar-refractivity contribution in [3.8, 4) is 5.75 Å². The number of halogens is 1. The van der Waals surface area contributed by atoms with Crippen LogP contribution in [0.4, 0.5) is 10.5 Å². The van der Waals surface area contributed by atoms with E-state index in [9.17, 15) is 9.59 Å². The van der Waals surface area contributed by atoms with Gasteiger partial charge in [0.1, 0.15) is 17.5 Å². The third-order valence-corrected chi connectivity index (χ3v) is 5.29. The van der Waals surface area contributed by atoms with Crippen LogP contribution in [-0.2, 0) is 4.74 Å². The molecule has 1 aliphatic rings. The van der Waals surface area contributed by atoms with Gasteiger partial charge in [-0.05, 0) is 82.5 Å². The number of anilines is 1. The topological polar surface area (TPSA) is 59.1 Å². The Morgan fingerprint density at radius 2 is 1.81 bits per heavy atom. The number of methoxy groups -OCH3 is 1.